The van der Waals surface area contributed by atoms with E-state index >= 15 is 0 Å². The maximum absolute atomic E-state index is 12.8. The summed E-state index contributed by atoms with van der Waals surface area (Å²) in [7, 11) is 1.37. The minimum atomic E-state index is -0.443. The lowest BCUT2D eigenvalue weighted by molar-refractivity contribution is -0.150. The summed E-state index contributed by atoms with van der Waals surface area (Å²) in [6.07, 6.45) is 3.81. The average molecular weight is 487 g/mol. The van der Waals surface area contributed by atoms with Crippen LogP contribution in [0, 0.1) is 0 Å². The first-order valence-electron chi connectivity index (χ1n) is 12.9. The van der Waals surface area contributed by atoms with Gasteiger partial charge >= 0.3 is 12.1 Å². The SMILES string of the molecule is CCOC(=O)N1CCN(C2CCN(c3ccc(CC(=O)N4CCC[C@H]4C(=O)OC)cc3)CC2)CC1. The highest BCUT2D eigenvalue weighted by Crippen LogP contribution is 2.25. The molecule has 4 rings (SSSR count). The van der Waals surface area contributed by atoms with E-state index in [4.69, 9.17) is 9.47 Å². The minimum absolute atomic E-state index is 0.0190. The van der Waals surface area contributed by atoms with E-state index in [2.05, 4.69) is 21.9 Å². The second kappa shape index (κ2) is 11.7. The van der Waals surface area contributed by atoms with Crippen LogP contribution in [0.2, 0.25) is 0 Å². The van der Waals surface area contributed by atoms with E-state index in [-0.39, 0.29) is 18.0 Å². The quantitative estimate of drug-likeness (QED) is 0.570. The Bertz CT molecular complexity index is 876. The number of methoxy groups -OCH3 is 1. The summed E-state index contributed by atoms with van der Waals surface area (Å²) >= 11 is 0. The normalized spacial score (nSPS) is 21.8. The number of esters is 1. The molecule has 1 aromatic carbocycles. The average Bonchev–Trinajstić information content (AvgIpc) is 3.39. The lowest BCUT2D eigenvalue weighted by atomic mass is 10.0. The summed E-state index contributed by atoms with van der Waals surface area (Å²) in [6, 6.07) is 8.36. The van der Waals surface area contributed by atoms with Crippen molar-refractivity contribution >= 4 is 23.7 Å². The summed E-state index contributed by atoms with van der Waals surface area (Å²) in [4.78, 5) is 45.0. The van der Waals surface area contributed by atoms with Crippen LogP contribution in [0.25, 0.3) is 0 Å². The van der Waals surface area contributed by atoms with Gasteiger partial charge in [-0.05, 0) is 50.3 Å². The lowest BCUT2D eigenvalue weighted by Gasteiger charge is -2.43. The Morgan fingerprint density at radius 1 is 0.914 bits per heavy atom. The van der Waals surface area contributed by atoms with Crippen LogP contribution in [-0.4, -0.2) is 104 Å². The molecular weight excluding hydrogens is 448 g/mol. The molecule has 2 amide bonds. The maximum atomic E-state index is 12.8. The number of anilines is 1. The van der Waals surface area contributed by atoms with Crippen molar-refractivity contribution in [3.05, 3.63) is 29.8 Å². The second-order valence-corrected chi connectivity index (χ2v) is 9.55. The van der Waals surface area contributed by atoms with Crippen LogP contribution >= 0.6 is 0 Å². The highest BCUT2D eigenvalue weighted by Gasteiger charge is 2.34. The molecule has 9 nitrogen and oxygen atoms in total. The number of amides is 2. The van der Waals surface area contributed by atoms with Crippen molar-refractivity contribution < 1.29 is 23.9 Å². The van der Waals surface area contributed by atoms with Crippen molar-refractivity contribution in [1.82, 2.24) is 14.7 Å². The monoisotopic (exact) mass is 486 g/mol. The number of benzene rings is 1. The number of carbonyl (C=O) groups excluding carboxylic acids is 3. The molecule has 0 N–H and O–H groups in total. The zero-order valence-electron chi connectivity index (χ0n) is 21.0. The van der Waals surface area contributed by atoms with Gasteiger partial charge in [-0.15, -0.1) is 0 Å². The van der Waals surface area contributed by atoms with E-state index in [0.29, 0.717) is 32.0 Å². The van der Waals surface area contributed by atoms with Crippen LogP contribution < -0.4 is 4.90 Å². The first kappa shape index (κ1) is 25.3. The van der Waals surface area contributed by atoms with Crippen LogP contribution in [0.3, 0.4) is 0 Å². The molecule has 0 aromatic heterocycles. The second-order valence-electron chi connectivity index (χ2n) is 9.55. The number of ether oxygens (including phenoxy) is 2. The van der Waals surface area contributed by atoms with Crippen molar-refractivity contribution in [3.63, 3.8) is 0 Å². The Hall–Kier alpha value is -2.81. The number of likely N-dealkylation sites (tertiary alicyclic amines) is 1. The maximum Gasteiger partial charge on any atom is 0.409 e. The Balaban J connectivity index is 1.23. The van der Waals surface area contributed by atoms with Crippen molar-refractivity contribution in [3.8, 4) is 0 Å². The molecule has 1 aromatic rings. The van der Waals surface area contributed by atoms with Crippen LogP contribution in [0.15, 0.2) is 24.3 Å². The van der Waals surface area contributed by atoms with Crippen molar-refractivity contribution in [2.24, 2.45) is 0 Å². The molecule has 0 aliphatic carbocycles. The van der Waals surface area contributed by atoms with E-state index < -0.39 is 6.04 Å². The fraction of sp³-hybridized carbons (Fsp3) is 0.654. The summed E-state index contributed by atoms with van der Waals surface area (Å²) in [5.74, 6) is -0.343. The third-order valence-corrected chi connectivity index (χ3v) is 7.52. The van der Waals surface area contributed by atoms with Gasteiger partial charge in [-0.1, -0.05) is 12.1 Å². The highest BCUT2D eigenvalue weighted by molar-refractivity contribution is 5.86. The van der Waals surface area contributed by atoms with Gasteiger partial charge in [0.2, 0.25) is 5.91 Å². The Labute approximate surface area is 207 Å². The lowest BCUT2D eigenvalue weighted by Crippen LogP contribution is -2.54. The molecule has 0 bridgehead atoms. The smallest absolute Gasteiger partial charge is 0.409 e. The zero-order valence-corrected chi connectivity index (χ0v) is 21.0. The Morgan fingerprint density at radius 3 is 2.23 bits per heavy atom. The number of hydrogen-bond acceptors (Lipinski definition) is 7. The van der Waals surface area contributed by atoms with Gasteiger partial charge in [-0.2, -0.15) is 0 Å². The summed E-state index contributed by atoms with van der Waals surface area (Å²) in [5.41, 5.74) is 2.14. The van der Waals surface area contributed by atoms with Crippen LogP contribution in [0.5, 0.6) is 0 Å². The standard InChI is InChI=1S/C26H38N4O5/c1-3-35-26(33)29-17-15-28(16-18-29)22-10-13-27(14-11-22)21-8-6-20(7-9-21)19-24(31)30-12-4-5-23(30)25(32)34-2/h6-9,22-23H,3-5,10-19H2,1-2H3/t23-/m0/s1. The number of piperidine rings is 1. The van der Waals surface area contributed by atoms with E-state index in [1.54, 1.807) is 9.80 Å². The van der Waals surface area contributed by atoms with E-state index in [1.165, 1.54) is 12.8 Å². The molecule has 3 aliphatic heterocycles. The number of rotatable bonds is 6. The Morgan fingerprint density at radius 2 is 1.60 bits per heavy atom. The third kappa shape index (κ3) is 6.07. The predicted molar refractivity (Wildman–Crippen MR) is 132 cm³/mol. The minimum Gasteiger partial charge on any atom is -0.467 e. The van der Waals surface area contributed by atoms with E-state index in [1.807, 2.05) is 19.1 Å². The zero-order chi connectivity index (χ0) is 24.8. The molecule has 192 valence electrons. The fourth-order valence-electron chi connectivity index (χ4n) is 5.52. The summed E-state index contributed by atoms with van der Waals surface area (Å²) in [5, 5.41) is 0. The molecule has 3 aliphatic rings. The first-order chi connectivity index (χ1) is 17.0. The number of carbonyl (C=O) groups is 3. The Kier molecular flexibility index (Phi) is 8.49. The fourth-order valence-corrected chi connectivity index (χ4v) is 5.52. The van der Waals surface area contributed by atoms with Gasteiger partial charge in [0.25, 0.3) is 0 Å². The number of nitrogens with zero attached hydrogens (tertiary/aromatic N) is 4. The molecule has 3 saturated heterocycles. The van der Waals surface area contributed by atoms with Gasteiger partial charge in [-0.3, -0.25) is 9.69 Å². The number of hydrogen-bond donors (Lipinski definition) is 0. The molecule has 0 radical (unpaired) electrons. The third-order valence-electron chi connectivity index (χ3n) is 7.52. The first-order valence-corrected chi connectivity index (χ1v) is 12.9. The largest absolute Gasteiger partial charge is 0.467 e. The van der Waals surface area contributed by atoms with Gasteiger partial charge < -0.3 is 24.2 Å². The van der Waals surface area contributed by atoms with Crippen molar-refractivity contribution in [2.45, 2.75) is 51.1 Å². The molecule has 0 spiro atoms. The van der Waals surface area contributed by atoms with Gasteiger partial charge in [0.15, 0.2) is 0 Å². The summed E-state index contributed by atoms with van der Waals surface area (Å²) < 4.78 is 9.98. The van der Waals surface area contributed by atoms with Crippen LogP contribution in [0.1, 0.15) is 38.2 Å². The van der Waals surface area contributed by atoms with E-state index in [0.717, 1.165) is 64.1 Å². The molecule has 0 saturated carbocycles. The van der Waals surface area contributed by atoms with Crippen molar-refractivity contribution in [1.29, 1.82) is 0 Å². The van der Waals surface area contributed by atoms with Gasteiger partial charge in [0, 0.05) is 57.5 Å². The molecular formula is C26H38N4O5. The number of piperazine rings is 1. The topological polar surface area (TPSA) is 82.6 Å². The molecule has 0 unspecified atom stereocenters. The molecule has 3 fully saturated rings. The van der Waals surface area contributed by atoms with E-state index in [9.17, 15) is 14.4 Å². The van der Waals surface area contributed by atoms with Crippen LogP contribution in [-0.2, 0) is 25.5 Å². The van der Waals surface area contributed by atoms with Crippen LogP contribution in [0.4, 0.5) is 10.5 Å². The van der Waals surface area contributed by atoms with Gasteiger partial charge in [0.05, 0.1) is 20.1 Å². The van der Waals surface area contributed by atoms with Crippen molar-refractivity contribution in [2.75, 3.05) is 64.4 Å². The highest BCUT2D eigenvalue weighted by atomic mass is 16.6. The molecule has 9 heteroatoms. The molecule has 1 atom stereocenters. The molecule has 35 heavy (non-hydrogen) atoms. The predicted octanol–water partition coefficient (Wildman–Crippen LogP) is 2.14. The van der Waals surface area contributed by atoms with Gasteiger partial charge in [-0.25, -0.2) is 9.59 Å². The van der Waals surface area contributed by atoms with Gasteiger partial charge in [0.1, 0.15) is 6.04 Å². The molecule has 3 heterocycles. The summed E-state index contributed by atoms with van der Waals surface area (Å²) in [6.45, 7) is 8.14.